The number of hydrogen-bond donors (Lipinski definition) is 1. The van der Waals surface area contributed by atoms with Crippen LogP contribution in [-0.4, -0.2) is 34.7 Å². The van der Waals surface area contributed by atoms with Gasteiger partial charge in [-0.1, -0.05) is 0 Å². The number of methoxy groups -OCH3 is 1. The van der Waals surface area contributed by atoms with E-state index in [0.29, 0.717) is 0 Å². The molecular weight excluding hydrogens is 164 g/mol. The number of ether oxygens (including phenoxy) is 1. The molecule has 0 aromatic heterocycles. The van der Waals surface area contributed by atoms with Crippen molar-refractivity contribution in [2.75, 3.05) is 25.7 Å². The summed E-state index contributed by atoms with van der Waals surface area (Å²) in [5.41, 5.74) is 0. The van der Waals surface area contributed by atoms with E-state index in [-0.39, 0.29) is 0 Å². The Hall–Kier alpha value is 0.487. The number of rotatable bonds is 6. The highest BCUT2D eigenvalue weighted by molar-refractivity contribution is 7.81. The van der Waals surface area contributed by atoms with Gasteiger partial charge in [0.05, 0.1) is 0 Å². The Labute approximate surface area is 70.0 Å². The third kappa shape index (κ3) is 5.29. The average molecular weight is 180 g/mol. The predicted octanol–water partition coefficient (Wildman–Crippen LogP) is 0.862. The molecule has 0 amide bonds. The standard InChI is InChI=1S/C6H16O2SSi/c1-3-8-10(6-9)5-4-7-2/h9-10H,3-6H2,1-2H3. The summed E-state index contributed by atoms with van der Waals surface area (Å²) in [5, 5.41) is 0.914. The molecule has 0 radical (unpaired) electrons. The zero-order chi connectivity index (χ0) is 7.82. The van der Waals surface area contributed by atoms with Crippen molar-refractivity contribution in [1.29, 1.82) is 0 Å². The first-order valence-corrected chi connectivity index (χ1v) is 6.30. The van der Waals surface area contributed by atoms with Gasteiger partial charge in [0.15, 0.2) is 9.04 Å². The molecule has 1 unspecified atom stereocenters. The van der Waals surface area contributed by atoms with Gasteiger partial charge in [-0.2, -0.15) is 12.6 Å². The van der Waals surface area contributed by atoms with Gasteiger partial charge in [0, 0.05) is 25.7 Å². The lowest BCUT2D eigenvalue weighted by Gasteiger charge is -2.10. The van der Waals surface area contributed by atoms with E-state index in [9.17, 15) is 0 Å². The Morgan fingerprint density at radius 2 is 2.20 bits per heavy atom. The summed E-state index contributed by atoms with van der Waals surface area (Å²) in [6.45, 7) is 3.66. The number of thiol groups is 1. The van der Waals surface area contributed by atoms with Crippen LogP contribution < -0.4 is 0 Å². The van der Waals surface area contributed by atoms with Gasteiger partial charge in [-0.25, -0.2) is 0 Å². The van der Waals surface area contributed by atoms with Crippen molar-refractivity contribution in [1.82, 2.24) is 0 Å². The zero-order valence-electron chi connectivity index (χ0n) is 6.67. The van der Waals surface area contributed by atoms with Crippen molar-refractivity contribution < 1.29 is 9.16 Å². The lowest BCUT2D eigenvalue weighted by atomic mass is 10.9. The van der Waals surface area contributed by atoms with Crippen LogP contribution in [0.1, 0.15) is 6.92 Å². The lowest BCUT2D eigenvalue weighted by Crippen LogP contribution is -2.22. The minimum Gasteiger partial charge on any atom is -0.419 e. The Bertz CT molecular complexity index is 72.8. The maximum absolute atomic E-state index is 5.48. The molecule has 0 aliphatic rings. The quantitative estimate of drug-likeness (QED) is 0.483. The highest BCUT2D eigenvalue weighted by Gasteiger charge is 2.07. The van der Waals surface area contributed by atoms with E-state index in [1.165, 1.54) is 0 Å². The van der Waals surface area contributed by atoms with Crippen molar-refractivity contribution in [3.05, 3.63) is 0 Å². The van der Waals surface area contributed by atoms with Crippen molar-refractivity contribution >= 4 is 21.7 Å². The highest BCUT2D eigenvalue weighted by atomic mass is 32.1. The smallest absolute Gasteiger partial charge is 0.188 e. The van der Waals surface area contributed by atoms with Crippen LogP contribution in [0, 0.1) is 0 Å². The molecule has 0 fully saturated rings. The molecule has 62 valence electrons. The van der Waals surface area contributed by atoms with Crippen molar-refractivity contribution in [2.24, 2.45) is 0 Å². The third-order valence-electron chi connectivity index (χ3n) is 1.25. The van der Waals surface area contributed by atoms with Gasteiger partial charge in [0.2, 0.25) is 0 Å². The van der Waals surface area contributed by atoms with Gasteiger partial charge >= 0.3 is 0 Å². The van der Waals surface area contributed by atoms with Crippen LogP contribution in [0.5, 0.6) is 0 Å². The van der Waals surface area contributed by atoms with E-state index in [2.05, 4.69) is 12.6 Å². The molecule has 0 rings (SSSR count). The van der Waals surface area contributed by atoms with Gasteiger partial charge in [-0.3, -0.25) is 0 Å². The fourth-order valence-corrected chi connectivity index (χ4v) is 3.00. The van der Waals surface area contributed by atoms with E-state index < -0.39 is 9.04 Å². The summed E-state index contributed by atoms with van der Waals surface area (Å²) in [6, 6.07) is 1.08. The fraction of sp³-hybridized carbons (Fsp3) is 1.00. The summed E-state index contributed by atoms with van der Waals surface area (Å²) >= 11 is 4.20. The molecule has 0 N–H and O–H groups in total. The second-order valence-electron chi connectivity index (χ2n) is 2.04. The molecule has 0 heterocycles. The van der Waals surface area contributed by atoms with Crippen molar-refractivity contribution in [2.45, 2.75) is 13.0 Å². The van der Waals surface area contributed by atoms with Gasteiger partial charge in [-0.15, -0.1) is 0 Å². The molecular formula is C6H16O2SSi. The predicted molar refractivity (Wildman–Crippen MR) is 49.3 cm³/mol. The summed E-state index contributed by atoms with van der Waals surface area (Å²) in [5.74, 6) is 0. The van der Waals surface area contributed by atoms with E-state index in [4.69, 9.17) is 9.16 Å². The largest absolute Gasteiger partial charge is 0.419 e. The first kappa shape index (κ1) is 10.5. The summed E-state index contributed by atoms with van der Waals surface area (Å²) in [7, 11) is 0.727. The molecule has 0 saturated carbocycles. The molecule has 0 aromatic rings. The number of hydrogen-bond acceptors (Lipinski definition) is 3. The molecule has 4 heteroatoms. The van der Waals surface area contributed by atoms with Crippen LogP contribution in [-0.2, 0) is 9.16 Å². The molecule has 0 spiro atoms. The van der Waals surface area contributed by atoms with E-state index in [1.807, 2.05) is 6.92 Å². The Morgan fingerprint density at radius 3 is 2.60 bits per heavy atom. The monoisotopic (exact) mass is 180 g/mol. The summed E-state index contributed by atoms with van der Waals surface area (Å²) in [6.07, 6.45) is 0. The van der Waals surface area contributed by atoms with E-state index in [0.717, 1.165) is 24.6 Å². The Morgan fingerprint density at radius 1 is 1.50 bits per heavy atom. The minimum absolute atomic E-state index is 0.817. The van der Waals surface area contributed by atoms with Crippen LogP contribution in [0.25, 0.3) is 0 Å². The molecule has 10 heavy (non-hydrogen) atoms. The summed E-state index contributed by atoms with van der Waals surface area (Å²) in [4.78, 5) is 0. The first-order chi connectivity index (χ1) is 4.85. The van der Waals surface area contributed by atoms with Gasteiger partial charge in [0.25, 0.3) is 0 Å². The average Bonchev–Trinajstić information content (AvgIpc) is 1.98. The molecule has 0 bridgehead atoms. The van der Waals surface area contributed by atoms with Crippen LogP contribution in [0.2, 0.25) is 6.04 Å². The van der Waals surface area contributed by atoms with Crippen molar-refractivity contribution in [3.8, 4) is 0 Å². The molecule has 1 atom stereocenters. The van der Waals surface area contributed by atoms with Crippen LogP contribution in [0.15, 0.2) is 0 Å². The van der Waals surface area contributed by atoms with Crippen molar-refractivity contribution in [3.63, 3.8) is 0 Å². The second-order valence-corrected chi connectivity index (χ2v) is 5.66. The van der Waals surface area contributed by atoms with Gasteiger partial charge < -0.3 is 9.16 Å². The van der Waals surface area contributed by atoms with Gasteiger partial charge in [0.1, 0.15) is 0 Å². The minimum atomic E-state index is -0.991. The van der Waals surface area contributed by atoms with E-state index in [1.54, 1.807) is 7.11 Å². The fourth-order valence-electron chi connectivity index (χ4n) is 0.712. The van der Waals surface area contributed by atoms with E-state index >= 15 is 0 Å². The Balaban J connectivity index is 3.21. The first-order valence-electron chi connectivity index (χ1n) is 3.56. The normalized spacial score (nSPS) is 13.5. The third-order valence-corrected chi connectivity index (χ3v) is 4.56. The highest BCUT2D eigenvalue weighted by Crippen LogP contribution is 1.97. The SMILES string of the molecule is CCO[SiH](CS)CCOC. The lowest BCUT2D eigenvalue weighted by molar-refractivity contribution is 0.209. The molecule has 0 aromatic carbocycles. The van der Waals surface area contributed by atoms with Crippen LogP contribution in [0.4, 0.5) is 0 Å². The second kappa shape index (κ2) is 7.59. The Kier molecular flexibility index (Phi) is 7.96. The maximum Gasteiger partial charge on any atom is 0.188 e. The zero-order valence-corrected chi connectivity index (χ0v) is 8.72. The summed E-state index contributed by atoms with van der Waals surface area (Å²) < 4.78 is 10.4. The molecule has 0 aliphatic heterocycles. The topological polar surface area (TPSA) is 18.5 Å². The van der Waals surface area contributed by atoms with Gasteiger partial charge in [-0.05, 0) is 13.0 Å². The van der Waals surface area contributed by atoms with Crippen LogP contribution >= 0.6 is 12.6 Å². The molecule has 2 nitrogen and oxygen atoms in total. The maximum atomic E-state index is 5.48. The van der Waals surface area contributed by atoms with Crippen LogP contribution in [0.3, 0.4) is 0 Å². The molecule has 0 saturated heterocycles. The molecule has 0 aliphatic carbocycles.